The van der Waals surface area contributed by atoms with E-state index >= 15 is 0 Å². The maximum Gasteiger partial charge on any atom is 0.271 e. The van der Waals surface area contributed by atoms with Crippen LogP contribution in [-0.2, 0) is 6.42 Å². The van der Waals surface area contributed by atoms with Gasteiger partial charge in [0.1, 0.15) is 0 Å². The predicted octanol–water partition coefficient (Wildman–Crippen LogP) is 2.07. The Bertz CT molecular complexity index is 743. The van der Waals surface area contributed by atoms with Crippen molar-refractivity contribution in [3.05, 3.63) is 41.6 Å². The number of carbonyl (C=O) groups is 1. The number of amides is 1. The van der Waals surface area contributed by atoms with Gasteiger partial charge < -0.3 is 19.7 Å². The van der Waals surface area contributed by atoms with Crippen LogP contribution >= 0.6 is 0 Å². The summed E-state index contributed by atoms with van der Waals surface area (Å²) in [5.41, 5.74) is 1.39. The second-order valence-corrected chi connectivity index (χ2v) is 6.17. The van der Waals surface area contributed by atoms with Gasteiger partial charge in [0.2, 0.25) is 0 Å². The summed E-state index contributed by atoms with van der Waals surface area (Å²) in [5, 5.41) is 11.1. The molecule has 0 spiro atoms. The van der Waals surface area contributed by atoms with Gasteiger partial charge in [-0.3, -0.25) is 4.79 Å². The molecule has 1 fully saturated rings. The van der Waals surface area contributed by atoms with Crippen molar-refractivity contribution in [2.24, 2.45) is 0 Å². The van der Waals surface area contributed by atoms with E-state index in [1.165, 1.54) is 12.8 Å². The standard InChI is InChI=1S/C19H24N4O3/c1-25-16-7-5-14(13-17(16)26-2)9-10-20-19(24)15-6-8-18(22-21-15)23-11-3-4-12-23/h5-8,13H,3-4,9-12H2,1-2H3,(H,20,24). The number of nitrogens with one attached hydrogen (secondary N) is 1. The third-order valence-corrected chi connectivity index (χ3v) is 4.46. The molecule has 1 N–H and O–H groups in total. The smallest absolute Gasteiger partial charge is 0.271 e. The molecule has 2 aromatic rings. The highest BCUT2D eigenvalue weighted by Gasteiger charge is 2.15. The molecule has 1 amide bonds. The number of aromatic nitrogens is 2. The van der Waals surface area contributed by atoms with Crippen molar-refractivity contribution in [3.63, 3.8) is 0 Å². The summed E-state index contributed by atoms with van der Waals surface area (Å²) >= 11 is 0. The lowest BCUT2D eigenvalue weighted by Gasteiger charge is -2.15. The molecule has 1 saturated heterocycles. The summed E-state index contributed by atoms with van der Waals surface area (Å²) in [6, 6.07) is 9.32. The number of benzene rings is 1. The minimum Gasteiger partial charge on any atom is -0.493 e. The summed E-state index contributed by atoms with van der Waals surface area (Å²) in [6.45, 7) is 2.51. The normalized spacial score (nSPS) is 13.5. The first kappa shape index (κ1) is 18.0. The van der Waals surface area contributed by atoms with E-state index in [4.69, 9.17) is 9.47 Å². The van der Waals surface area contributed by atoms with Crippen LogP contribution in [0.1, 0.15) is 28.9 Å². The Balaban J connectivity index is 1.52. The molecule has 7 heteroatoms. The summed E-state index contributed by atoms with van der Waals surface area (Å²) in [6.07, 6.45) is 3.05. The molecule has 7 nitrogen and oxygen atoms in total. The van der Waals surface area contributed by atoms with Gasteiger partial charge >= 0.3 is 0 Å². The fourth-order valence-corrected chi connectivity index (χ4v) is 3.01. The molecule has 1 aromatic heterocycles. The molecule has 1 aliphatic heterocycles. The number of anilines is 1. The van der Waals surface area contributed by atoms with Gasteiger partial charge in [0, 0.05) is 19.6 Å². The third kappa shape index (κ3) is 4.22. The zero-order valence-corrected chi connectivity index (χ0v) is 15.2. The Morgan fingerprint density at radius 1 is 1.08 bits per heavy atom. The molecular formula is C19H24N4O3. The van der Waals surface area contributed by atoms with Crippen LogP contribution < -0.4 is 19.7 Å². The number of nitrogens with zero attached hydrogens (tertiary/aromatic N) is 3. The van der Waals surface area contributed by atoms with Gasteiger partial charge in [-0.05, 0) is 49.1 Å². The number of ether oxygens (including phenoxy) is 2. The van der Waals surface area contributed by atoms with Crippen LogP contribution in [-0.4, -0.2) is 50.0 Å². The van der Waals surface area contributed by atoms with Gasteiger partial charge in [-0.15, -0.1) is 10.2 Å². The van der Waals surface area contributed by atoms with Crippen LogP contribution in [0.15, 0.2) is 30.3 Å². The first-order valence-electron chi connectivity index (χ1n) is 8.79. The van der Waals surface area contributed by atoms with Crippen LogP contribution in [0.2, 0.25) is 0 Å². The molecule has 0 radical (unpaired) electrons. The Morgan fingerprint density at radius 2 is 1.85 bits per heavy atom. The van der Waals surface area contributed by atoms with E-state index in [2.05, 4.69) is 20.4 Å². The zero-order chi connectivity index (χ0) is 18.4. The van der Waals surface area contributed by atoms with Crippen LogP contribution in [0, 0.1) is 0 Å². The molecule has 2 heterocycles. The number of methoxy groups -OCH3 is 2. The lowest BCUT2D eigenvalue weighted by Crippen LogP contribution is -2.27. The highest BCUT2D eigenvalue weighted by Crippen LogP contribution is 2.27. The van der Waals surface area contributed by atoms with E-state index in [1.807, 2.05) is 24.3 Å². The average Bonchev–Trinajstić information content (AvgIpc) is 3.22. The third-order valence-electron chi connectivity index (χ3n) is 4.46. The van der Waals surface area contributed by atoms with E-state index in [0.29, 0.717) is 30.2 Å². The van der Waals surface area contributed by atoms with Crippen molar-refractivity contribution in [2.45, 2.75) is 19.3 Å². The van der Waals surface area contributed by atoms with Crippen molar-refractivity contribution in [1.82, 2.24) is 15.5 Å². The maximum atomic E-state index is 12.2. The first-order valence-corrected chi connectivity index (χ1v) is 8.79. The van der Waals surface area contributed by atoms with Crippen molar-refractivity contribution >= 4 is 11.7 Å². The van der Waals surface area contributed by atoms with Crippen molar-refractivity contribution in [3.8, 4) is 11.5 Å². The van der Waals surface area contributed by atoms with E-state index in [9.17, 15) is 4.79 Å². The number of rotatable bonds is 7. The Hall–Kier alpha value is -2.83. The molecule has 0 unspecified atom stereocenters. The Morgan fingerprint density at radius 3 is 2.50 bits per heavy atom. The number of carbonyl (C=O) groups excluding carboxylic acids is 1. The fourth-order valence-electron chi connectivity index (χ4n) is 3.01. The second kappa shape index (κ2) is 8.51. The van der Waals surface area contributed by atoms with Crippen molar-refractivity contribution in [2.75, 3.05) is 38.8 Å². The van der Waals surface area contributed by atoms with Gasteiger partial charge in [0.05, 0.1) is 14.2 Å². The molecule has 3 rings (SSSR count). The van der Waals surface area contributed by atoms with E-state index in [-0.39, 0.29) is 5.91 Å². The first-order chi connectivity index (χ1) is 12.7. The molecule has 138 valence electrons. The molecule has 0 aliphatic carbocycles. The van der Waals surface area contributed by atoms with Gasteiger partial charge in [0.25, 0.3) is 5.91 Å². The number of hydrogen-bond acceptors (Lipinski definition) is 6. The monoisotopic (exact) mass is 356 g/mol. The fraction of sp³-hybridized carbons (Fsp3) is 0.421. The van der Waals surface area contributed by atoms with Crippen LogP contribution in [0.3, 0.4) is 0 Å². The predicted molar refractivity (Wildman–Crippen MR) is 99.1 cm³/mol. The Labute approximate surface area is 153 Å². The highest BCUT2D eigenvalue weighted by atomic mass is 16.5. The van der Waals surface area contributed by atoms with Gasteiger partial charge in [0.15, 0.2) is 23.0 Å². The molecule has 26 heavy (non-hydrogen) atoms. The number of hydrogen-bond donors (Lipinski definition) is 1. The molecule has 1 aromatic carbocycles. The summed E-state index contributed by atoms with van der Waals surface area (Å²) in [5.74, 6) is 1.99. The van der Waals surface area contributed by atoms with Crippen LogP contribution in [0.25, 0.3) is 0 Å². The molecular weight excluding hydrogens is 332 g/mol. The molecule has 1 aliphatic rings. The largest absolute Gasteiger partial charge is 0.493 e. The molecule has 0 atom stereocenters. The van der Waals surface area contributed by atoms with E-state index in [1.54, 1.807) is 20.3 Å². The van der Waals surface area contributed by atoms with Gasteiger partial charge in [-0.2, -0.15) is 0 Å². The quantitative estimate of drug-likeness (QED) is 0.818. The Kier molecular flexibility index (Phi) is 5.88. The highest BCUT2D eigenvalue weighted by molar-refractivity contribution is 5.92. The van der Waals surface area contributed by atoms with Gasteiger partial charge in [-0.25, -0.2) is 0 Å². The van der Waals surface area contributed by atoms with Crippen LogP contribution in [0.4, 0.5) is 5.82 Å². The van der Waals surface area contributed by atoms with Crippen LogP contribution in [0.5, 0.6) is 11.5 Å². The summed E-state index contributed by atoms with van der Waals surface area (Å²) in [7, 11) is 3.21. The van der Waals surface area contributed by atoms with Crippen molar-refractivity contribution in [1.29, 1.82) is 0 Å². The lowest BCUT2D eigenvalue weighted by atomic mass is 10.1. The summed E-state index contributed by atoms with van der Waals surface area (Å²) < 4.78 is 10.5. The second-order valence-electron chi connectivity index (χ2n) is 6.17. The minimum absolute atomic E-state index is 0.217. The minimum atomic E-state index is -0.217. The van der Waals surface area contributed by atoms with Crippen molar-refractivity contribution < 1.29 is 14.3 Å². The lowest BCUT2D eigenvalue weighted by molar-refractivity contribution is 0.0948. The summed E-state index contributed by atoms with van der Waals surface area (Å²) in [4.78, 5) is 14.4. The topological polar surface area (TPSA) is 76.6 Å². The SMILES string of the molecule is COc1ccc(CCNC(=O)c2ccc(N3CCCC3)nn2)cc1OC. The average molecular weight is 356 g/mol. The molecule has 0 saturated carbocycles. The zero-order valence-electron chi connectivity index (χ0n) is 15.2. The van der Waals surface area contributed by atoms with Gasteiger partial charge in [-0.1, -0.05) is 6.07 Å². The van der Waals surface area contributed by atoms with E-state index < -0.39 is 0 Å². The maximum absolute atomic E-state index is 12.2. The molecule has 0 bridgehead atoms. The van der Waals surface area contributed by atoms with E-state index in [0.717, 1.165) is 24.5 Å².